The Bertz CT molecular complexity index is 467. The number of hydrogen-bond donors (Lipinski definition) is 3. The Morgan fingerprint density at radius 3 is 2.44 bits per heavy atom. The molecule has 0 bridgehead atoms. The van der Waals surface area contributed by atoms with E-state index in [0.717, 1.165) is 24.3 Å². The van der Waals surface area contributed by atoms with E-state index in [-0.39, 0.29) is 0 Å². The Morgan fingerprint density at radius 1 is 1.22 bits per heavy atom. The predicted octanol–water partition coefficient (Wildman–Crippen LogP) is 0.0418. The standard InChI is InChI=1S/C10H19N5O2S/c1-4-8-14-9(11-2)7-10(15-8)12-5-6-13-18(3,16)17/h7,13H,4-6H2,1-3H3,(H2,11,12,14,15). The van der Waals surface area contributed by atoms with Gasteiger partial charge in [0.2, 0.25) is 10.0 Å². The summed E-state index contributed by atoms with van der Waals surface area (Å²) >= 11 is 0. The van der Waals surface area contributed by atoms with Crippen molar-refractivity contribution < 1.29 is 8.42 Å². The molecule has 0 aliphatic carbocycles. The van der Waals surface area contributed by atoms with Gasteiger partial charge in [0.25, 0.3) is 0 Å². The van der Waals surface area contributed by atoms with Crippen LogP contribution in [0.3, 0.4) is 0 Å². The third-order valence-corrected chi connectivity index (χ3v) is 2.87. The second-order valence-corrected chi connectivity index (χ2v) is 5.58. The molecular weight excluding hydrogens is 254 g/mol. The van der Waals surface area contributed by atoms with Crippen LogP contribution in [0.2, 0.25) is 0 Å². The minimum Gasteiger partial charge on any atom is -0.373 e. The van der Waals surface area contributed by atoms with Crippen molar-refractivity contribution in [2.75, 3.05) is 37.0 Å². The topological polar surface area (TPSA) is 96.0 Å². The van der Waals surface area contributed by atoms with Gasteiger partial charge in [-0.05, 0) is 0 Å². The van der Waals surface area contributed by atoms with E-state index >= 15 is 0 Å². The van der Waals surface area contributed by atoms with E-state index in [1.165, 1.54) is 0 Å². The quantitative estimate of drug-likeness (QED) is 0.607. The van der Waals surface area contributed by atoms with Crippen LogP contribution in [0.25, 0.3) is 0 Å². The highest BCUT2D eigenvalue weighted by atomic mass is 32.2. The van der Waals surface area contributed by atoms with Crippen LogP contribution < -0.4 is 15.4 Å². The van der Waals surface area contributed by atoms with Gasteiger partial charge in [-0.15, -0.1) is 0 Å². The number of hydrogen-bond acceptors (Lipinski definition) is 6. The molecule has 1 aromatic rings. The fourth-order valence-corrected chi connectivity index (χ4v) is 1.77. The SMILES string of the molecule is CCc1nc(NC)cc(NCCNS(C)(=O)=O)n1. The molecule has 0 aliphatic heterocycles. The van der Waals surface area contributed by atoms with E-state index in [1.807, 2.05) is 6.92 Å². The lowest BCUT2D eigenvalue weighted by Crippen LogP contribution is -2.27. The van der Waals surface area contributed by atoms with Gasteiger partial charge in [0.05, 0.1) is 6.26 Å². The Morgan fingerprint density at radius 2 is 1.89 bits per heavy atom. The molecule has 0 saturated heterocycles. The fourth-order valence-electron chi connectivity index (χ4n) is 1.30. The third kappa shape index (κ3) is 5.28. The molecule has 0 atom stereocenters. The maximum absolute atomic E-state index is 10.9. The number of aromatic nitrogens is 2. The zero-order valence-corrected chi connectivity index (χ0v) is 11.6. The average Bonchev–Trinajstić information content (AvgIpc) is 2.33. The van der Waals surface area contributed by atoms with Crippen molar-refractivity contribution in [3.8, 4) is 0 Å². The van der Waals surface area contributed by atoms with Crippen LogP contribution in [0.4, 0.5) is 11.6 Å². The molecule has 0 aliphatic rings. The zero-order chi connectivity index (χ0) is 13.6. The lowest BCUT2D eigenvalue weighted by atomic mass is 10.4. The highest BCUT2D eigenvalue weighted by Gasteiger charge is 2.03. The average molecular weight is 273 g/mol. The third-order valence-electron chi connectivity index (χ3n) is 2.14. The molecule has 7 nitrogen and oxygen atoms in total. The smallest absolute Gasteiger partial charge is 0.208 e. The molecule has 1 rings (SSSR count). The molecule has 1 heterocycles. The Hall–Kier alpha value is -1.41. The van der Waals surface area contributed by atoms with E-state index in [2.05, 4.69) is 25.3 Å². The highest BCUT2D eigenvalue weighted by molar-refractivity contribution is 7.88. The Balaban J connectivity index is 2.56. The predicted molar refractivity (Wildman–Crippen MR) is 72.3 cm³/mol. The molecule has 0 spiro atoms. The molecule has 0 saturated carbocycles. The first-order valence-corrected chi connectivity index (χ1v) is 7.58. The van der Waals surface area contributed by atoms with Crippen molar-refractivity contribution in [1.82, 2.24) is 14.7 Å². The number of rotatable bonds is 7. The molecule has 0 unspecified atom stereocenters. The van der Waals surface area contributed by atoms with E-state index in [0.29, 0.717) is 18.9 Å². The van der Waals surface area contributed by atoms with Crippen LogP contribution in [0.1, 0.15) is 12.7 Å². The molecule has 0 aromatic carbocycles. The summed E-state index contributed by atoms with van der Waals surface area (Å²) < 4.78 is 24.1. The van der Waals surface area contributed by atoms with Gasteiger partial charge in [0, 0.05) is 32.6 Å². The number of anilines is 2. The second kappa shape index (κ2) is 6.50. The van der Waals surface area contributed by atoms with Gasteiger partial charge < -0.3 is 10.6 Å². The minimum atomic E-state index is -3.14. The lowest BCUT2D eigenvalue weighted by Gasteiger charge is -2.09. The molecule has 0 radical (unpaired) electrons. The van der Waals surface area contributed by atoms with Crippen molar-refractivity contribution >= 4 is 21.7 Å². The molecule has 0 amide bonds. The van der Waals surface area contributed by atoms with Crippen molar-refractivity contribution in [2.24, 2.45) is 0 Å². The molecule has 8 heteroatoms. The zero-order valence-electron chi connectivity index (χ0n) is 10.8. The Labute approximate surface area is 107 Å². The number of aryl methyl sites for hydroxylation is 1. The molecule has 3 N–H and O–H groups in total. The molecule has 0 fully saturated rings. The molecule has 18 heavy (non-hydrogen) atoms. The monoisotopic (exact) mass is 273 g/mol. The summed E-state index contributed by atoms with van der Waals surface area (Å²) in [6.07, 6.45) is 1.87. The Kier molecular flexibility index (Phi) is 5.29. The van der Waals surface area contributed by atoms with Gasteiger partial charge >= 0.3 is 0 Å². The van der Waals surface area contributed by atoms with Gasteiger partial charge in [0.15, 0.2) is 0 Å². The van der Waals surface area contributed by atoms with Crippen molar-refractivity contribution in [3.05, 3.63) is 11.9 Å². The van der Waals surface area contributed by atoms with Gasteiger partial charge in [-0.3, -0.25) is 0 Å². The van der Waals surface area contributed by atoms with Crippen molar-refractivity contribution in [3.63, 3.8) is 0 Å². The summed E-state index contributed by atoms with van der Waals surface area (Å²) in [5, 5.41) is 6.00. The fraction of sp³-hybridized carbons (Fsp3) is 0.600. The summed E-state index contributed by atoms with van der Waals surface area (Å²) in [7, 11) is -1.35. The van der Waals surface area contributed by atoms with Gasteiger partial charge in [-0.25, -0.2) is 23.1 Å². The van der Waals surface area contributed by atoms with Crippen molar-refractivity contribution in [2.45, 2.75) is 13.3 Å². The minimum absolute atomic E-state index is 0.319. The van der Waals surface area contributed by atoms with E-state index in [9.17, 15) is 8.42 Å². The molecule has 1 aromatic heterocycles. The van der Waals surface area contributed by atoms with Crippen LogP contribution >= 0.6 is 0 Å². The number of nitrogens with zero attached hydrogens (tertiary/aromatic N) is 2. The largest absolute Gasteiger partial charge is 0.373 e. The first-order valence-electron chi connectivity index (χ1n) is 5.69. The van der Waals surface area contributed by atoms with E-state index < -0.39 is 10.0 Å². The summed E-state index contributed by atoms with van der Waals surface area (Å²) in [6.45, 7) is 2.76. The van der Waals surface area contributed by atoms with Gasteiger partial charge in [0.1, 0.15) is 17.5 Å². The molecular formula is C10H19N5O2S. The maximum Gasteiger partial charge on any atom is 0.208 e. The molecule has 102 valence electrons. The van der Waals surface area contributed by atoms with Crippen LogP contribution in [0.5, 0.6) is 0 Å². The van der Waals surface area contributed by atoms with Crippen LogP contribution in [0.15, 0.2) is 6.07 Å². The van der Waals surface area contributed by atoms with Gasteiger partial charge in [-0.2, -0.15) is 0 Å². The normalized spacial score (nSPS) is 11.3. The summed E-state index contributed by atoms with van der Waals surface area (Å²) in [5.74, 6) is 2.15. The number of nitrogens with one attached hydrogen (secondary N) is 3. The van der Waals surface area contributed by atoms with Crippen molar-refractivity contribution in [1.29, 1.82) is 0 Å². The first kappa shape index (κ1) is 14.7. The lowest BCUT2D eigenvalue weighted by molar-refractivity contribution is 0.589. The van der Waals surface area contributed by atoms with Crippen LogP contribution in [-0.4, -0.2) is 44.8 Å². The van der Waals surface area contributed by atoms with Crippen LogP contribution in [0, 0.1) is 0 Å². The number of sulfonamides is 1. The highest BCUT2D eigenvalue weighted by Crippen LogP contribution is 2.10. The summed E-state index contributed by atoms with van der Waals surface area (Å²) in [6, 6.07) is 1.78. The van der Waals surface area contributed by atoms with E-state index in [4.69, 9.17) is 0 Å². The summed E-state index contributed by atoms with van der Waals surface area (Å²) in [5.41, 5.74) is 0. The van der Waals surface area contributed by atoms with Crippen LogP contribution in [-0.2, 0) is 16.4 Å². The first-order chi connectivity index (χ1) is 8.44. The van der Waals surface area contributed by atoms with E-state index in [1.54, 1.807) is 13.1 Å². The summed E-state index contributed by atoms with van der Waals surface area (Å²) in [4.78, 5) is 8.56. The van der Waals surface area contributed by atoms with Gasteiger partial charge in [-0.1, -0.05) is 6.92 Å². The second-order valence-electron chi connectivity index (χ2n) is 3.75. The maximum atomic E-state index is 10.9.